The Bertz CT molecular complexity index is 617. The number of hydrogen-bond acceptors (Lipinski definition) is 3. The van der Waals surface area contributed by atoms with E-state index in [1.54, 1.807) is 6.07 Å². The summed E-state index contributed by atoms with van der Waals surface area (Å²) in [5.74, 6) is -0.310. The topological polar surface area (TPSA) is 35.5 Å². The molecular weight excluding hydrogens is 279 g/mol. The summed E-state index contributed by atoms with van der Waals surface area (Å²) in [5, 5.41) is 13.4. The Labute approximate surface area is 122 Å². The van der Waals surface area contributed by atoms with E-state index in [2.05, 4.69) is 5.32 Å². The molecule has 0 bridgehead atoms. The fourth-order valence-electron chi connectivity index (χ4n) is 1.87. The van der Waals surface area contributed by atoms with Crippen molar-refractivity contribution in [3.05, 3.63) is 52.8 Å². The summed E-state index contributed by atoms with van der Waals surface area (Å²) in [6.45, 7) is 0.321. The second-order valence-electron chi connectivity index (χ2n) is 4.69. The fourth-order valence-corrected chi connectivity index (χ4v) is 2.22. The van der Waals surface area contributed by atoms with Gasteiger partial charge in [-0.2, -0.15) is 0 Å². The molecule has 0 spiro atoms. The van der Waals surface area contributed by atoms with Gasteiger partial charge in [-0.15, -0.1) is 0 Å². The minimum Gasteiger partial charge on any atom is -0.508 e. The molecular formula is C15H16ClFN2O. The van der Waals surface area contributed by atoms with E-state index >= 15 is 0 Å². The van der Waals surface area contributed by atoms with E-state index < -0.39 is 0 Å². The summed E-state index contributed by atoms with van der Waals surface area (Å²) in [5.41, 5.74) is 2.23. The van der Waals surface area contributed by atoms with Crippen LogP contribution >= 0.6 is 11.6 Å². The molecule has 106 valence electrons. The number of anilines is 2. The zero-order valence-corrected chi connectivity index (χ0v) is 12.1. The predicted molar refractivity (Wildman–Crippen MR) is 81.2 cm³/mol. The Kier molecular flexibility index (Phi) is 4.35. The predicted octanol–water partition coefficient (Wildman–Crippen LogP) is 3.86. The molecule has 2 N–H and O–H groups in total. The molecule has 3 nitrogen and oxygen atoms in total. The van der Waals surface area contributed by atoms with Crippen molar-refractivity contribution in [2.75, 3.05) is 24.3 Å². The van der Waals surface area contributed by atoms with Crippen LogP contribution in [-0.2, 0) is 6.54 Å². The lowest BCUT2D eigenvalue weighted by Gasteiger charge is -2.16. The molecule has 0 aliphatic rings. The molecule has 0 aromatic heterocycles. The average molecular weight is 295 g/mol. The summed E-state index contributed by atoms with van der Waals surface area (Å²) in [4.78, 5) is 1.92. The molecule has 0 amide bonds. The minimum atomic E-state index is -0.374. The largest absolute Gasteiger partial charge is 0.508 e. The lowest BCUT2D eigenvalue weighted by molar-refractivity contribution is 0.466. The molecule has 0 unspecified atom stereocenters. The van der Waals surface area contributed by atoms with Crippen molar-refractivity contribution >= 4 is 23.0 Å². The summed E-state index contributed by atoms with van der Waals surface area (Å²) in [6, 6.07) is 9.45. The molecule has 20 heavy (non-hydrogen) atoms. The zero-order valence-electron chi connectivity index (χ0n) is 11.3. The van der Waals surface area contributed by atoms with Crippen LogP contribution in [0.2, 0.25) is 5.02 Å². The van der Waals surface area contributed by atoms with Crippen molar-refractivity contribution in [2.45, 2.75) is 6.54 Å². The first kappa shape index (κ1) is 14.5. The number of aromatic hydroxyl groups is 1. The van der Waals surface area contributed by atoms with Crippen LogP contribution in [0, 0.1) is 5.82 Å². The van der Waals surface area contributed by atoms with Gasteiger partial charge in [-0.05, 0) is 36.4 Å². The molecule has 0 saturated heterocycles. The second kappa shape index (κ2) is 6.01. The minimum absolute atomic E-state index is 0.0647. The van der Waals surface area contributed by atoms with Crippen LogP contribution in [-0.4, -0.2) is 19.2 Å². The van der Waals surface area contributed by atoms with Crippen molar-refractivity contribution in [3.8, 4) is 5.75 Å². The van der Waals surface area contributed by atoms with Gasteiger partial charge in [0.05, 0.1) is 10.7 Å². The number of halogens is 2. The van der Waals surface area contributed by atoms with Crippen molar-refractivity contribution < 1.29 is 9.50 Å². The summed E-state index contributed by atoms with van der Waals surface area (Å²) >= 11 is 6.17. The van der Waals surface area contributed by atoms with E-state index in [-0.39, 0.29) is 11.6 Å². The lowest BCUT2D eigenvalue weighted by Crippen LogP contribution is -2.09. The third kappa shape index (κ3) is 3.33. The van der Waals surface area contributed by atoms with E-state index in [1.165, 1.54) is 18.2 Å². The van der Waals surface area contributed by atoms with Crippen LogP contribution in [0.1, 0.15) is 5.56 Å². The molecule has 0 fully saturated rings. The maximum Gasteiger partial charge on any atom is 0.123 e. The van der Waals surface area contributed by atoms with E-state index in [1.807, 2.05) is 31.1 Å². The van der Waals surface area contributed by atoms with Gasteiger partial charge in [0.15, 0.2) is 0 Å². The highest BCUT2D eigenvalue weighted by molar-refractivity contribution is 6.33. The number of benzene rings is 2. The van der Waals surface area contributed by atoms with E-state index in [9.17, 15) is 9.50 Å². The highest BCUT2D eigenvalue weighted by atomic mass is 35.5. The quantitative estimate of drug-likeness (QED) is 0.899. The van der Waals surface area contributed by atoms with Gasteiger partial charge in [0.2, 0.25) is 0 Å². The van der Waals surface area contributed by atoms with Gasteiger partial charge in [0.25, 0.3) is 0 Å². The number of phenols is 1. The first-order valence-electron chi connectivity index (χ1n) is 6.15. The van der Waals surface area contributed by atoms with Gasteiger partial charge >= 0.3 is 0 Å². The Balaban J connectivity index is 2.11. The molecule has 0 aliphatic carbocycles. The van der Waals surface area contributed by atoms with Crippen molar-refractivity contribution in [1.29, 1.82) is 0 Å². The Morgan fingerprint density at radius 3 is 2.60 bits per heavy atom. The smallest absolute Gasteiger partial charge is 0.123 e. The molecule has 0 radical (unpaired) electrons. The average Bonchev–Trinajstić information content (AvgIpc) is 2.39. The molecule has 0 aliphatic heterocycles. The van der Waals surface area contributed by atoms with Crippen LogP contribution < -0.4 is 10.2 Å². The molecule has 0 atom stereocenters. The number of rotatable bonds is 4. The molecule has 2 aromatic rings. The number of nitrogens with zero attached hydrogens (tertiary/aromatic N) is 1. The van der Waals surface area contributed by atoms with Crippen molar-refractivity contribution in [3.63, 3.8) is 0 Å². The third-order valence-electron chi connectivity index (χ3n) is 2.95. The maximum atomic E-state index is 13.1. The first-order chi connectivity index (χ1) is 9.47. The summed E-state index contributed by atoms with van der Waals surface area (Å²) < 4.78 is 13.1. The number of nitrogens with one attached hydrogen (secondary N) is 1. The molecule has 0 heterocycles. The zero-order chi connectivity index (χ0) is 14.7. The monoisotopic (exact) mass is 294 g/mol. The fraction of sp³-hybridized carbons (Fsp3) is 0.200. The second-order valence-corrected chi connectivity index (χ2v) is 5.09. The SMILES string of the molecule is CN(C)c1ccc(NCc2cc(F)ccc2O)cc1Cl. The number of hydrogen-bond donors (Lipinski definition) is 2. The van der Waals surface area contributed by atoms with Crippen molar-refractivity contribution in [2.24, 2.45) is 0 Å². The molecule has 0 saturated carbocycles. The maximum absolute atomic E-state index is 13.1. The molecule has 5 heteroatoms. The van der Waals surface area contributed by atoms with Gasteiger partial charge in [-0.3, -0.25) is 0 Å². The van der Waals surface area contributed by atoms with Gasteiger partial charge in [-0.1, -0.05) is 11.6 Å². The van der Waals surface area contributed by atoms with Gasteiger partial charge in [0, 0.05) is 31.9 Å². The normalized spacial score (nSPS) is 10.4. The molecule has 2 aromatic carbocycles. The van der Waals surface area contributed by atoms with Gasteiger partial charge in [-0.25, -0.2) is 4.39 Å². The molecule has 2 rings (SSSR count). The first-order valence-corrected chi connectivity index (χ1v) is 6.53. The van der Waals surface area contributed by atoms with Crippen LogP contribution in [0.5, 0.6) is 5.75 Å². The highest BCUT2D eigenvalue weighted by Crippen LogP contribution is 2.28. The Morgan fingerprint density at radius 1 is 1.20 bits per heavy atom. The standard InChI is InChI=1S/C15H16ClFN2O/c1-19(2)14-5-4-12(8-13(14)16)18-9-10-7-11(17)3-6-15(10)20/h3-8,18,20H,9H2,1-2H3. The van der Waals surface area contributed by atoms with Crippen LogP contribution in [0.3, 0.4) is 0 Å². The van der Waals surface area contributed by atoms with Crippen molar-refractivity contribution in [1.82, 2.24) is 0 Å². The number of phenolic OH excluding ortho intramolecular Hbond substituents is 1. The Hall–Kier alpha value is -1.94. The van der Waals surface area contributed by atoms with Crippen LogP contribution in [0.25, 0.3) is 0 Å². The van der Waals surface area contributed by atoms with Crippen LogP contribution in [0.4, 0.5) is 15.8 Å². The van der Waals surface area contributed by atoms with E-state index in [4.69, 9.17) is 11.6 Å². The van der Waals surface area contributed by atoms with Crippen LogP contribution in [0.15, 0.2) is 36.4 Å². The van der Waals surface area contributed by atoms with E-state index in [0.717, 1.165) is 11.4 Å². The highest BCUT2D eigenvalue weighted by Gasteiger charge is 2.06. The third-order valence-corrected chi connectivity index (χ3v) is 3.26. The van der Waals surface area contributed by atoms with Gasteiger partial charge < -0.3 is 15.3 Å². The van der Waals surface area contributed by atoms with E-state index in [0.29, 0.717) is 17.1 Å². The summed E-state index contributed by atoms with van der Waals surface area (Å²) in [7, 11) is 3.83. The van der Waals surface area contributed by atoms with Gasteiger partial charge in [0.1, 0.15) is 11.6 Å². The lowest BCUT2D eigenvalue weighted by atomic mass is 10.2. The summed E-state index contributed by atoms with van der Waals surface area (Å²) in [6.07, 6.45) is 0. The Morgan fingerprint density at radius 2 is 1.95 bits per heavy atom.